The predicted molar refractivity (Wildman–Crippen MR) is 84.0 cm³/mol. The van der Waals surface area contributed by atoms with E-state index in [0.29, 0.717) is 0 Å². The monoisotopic (exact) mass is 250 g/mol. The van der Waals surface area contributed by atoms with E-state index in [1.54, 1.807) is 22.3 Å². The number of aryl methyl sites for hydroxylation is 1. The van der Waals surface area contributed by atoms with E-state index < -0.39 is 0 Å². The summed E-state index contributed by atoms with van der Waals surface area (Å²) in [5.74, 6) is 0. The highest BCUT2D eigenvalue weighted by Gasteiger charge is 2.28. The average molecular weight is 250 g/mol. The fourth-order valence-electron chi connectivity index (χ4n) is 3.46. The third-order valence-corrected chi connectivity index (χ3v) is 4.20. The Balaban J connectivity index is 0.000000528. The first-order valence-electron chi connectivity index (χ1n) is 7.68. The molecular formula is C19H22. The van der Waals surface area contributed by atoms with Crippen molar-refractivity contribution < 1.29 is 0 Å². The van der Waals surface area contributed by atoms with Crippen LogP contribution in [0.25, 0.3) is 11.1 Å². The first kappa shape index (κ1) is 12.5. The second kappa shape index (κ2) is 5.21. The first-order chi connectivity index (χ1) is 9.45. The minimum absolute atomic E-state index is 1.21. The molecule has 0 N–H and O–H groups in total. The summed E-state index contributed by atoms with van der Waals surface area (Å²) in [4.78, 5) is 0. The van der Waals surface area contributed by atoms with Crippen molar-refractivity contribution in [1.82, 2.24) is 0 Å². The van der Waals surface area contributed by atoms with Crippen molar-refractivity contribution >= 4 is 11.1 Å². The summed E-state index contributed by atoms with van der Waals surface area (Å²) in [6, 6.07) is 6.85. The Bertz CT molecular complexity index is 582. The van der Waals surface area contributed by atoms with Crippen molar-refractivity contribution in [1.29, 1.82) is 0 Å². The van der Waals surface area contributed by atoms with Gasteiger partial charge >= 0.3 is 0 Å². The zero-order chi connectivity index (χ0) is 13.2. The summed E-state index contributed by atoms with van der Waals surface area (Å²) in [6.07, 6.45) is 13.4. The lowest BCUT2D eigenvalue weighted by atomic mass is 9.95. The van der Waals surface area contributed by atoms with E-state index >= 15 is 0 Å². The Kier molecular flexibility index (Phi) is 3.42. The molecule has 0 aliphatic heterocycles. The van der Waals surface area contributed by atoms with Crippen molar-refractivity contribution in [3.8, 4) is 0 Å². The smallest absolute Gasteiger partial charge is 0.00734 e. The lowest BCUT2D eigenvalue weighted by Crippen LogP contribution is -1.91. The molecule has 1 aromatic rings. The molecule has 3 aliphatic carbocycles. The first-order valence-corrected chi connectivity index (χ1v) is 7.68. The molecule has 0 amide bonds. The van der Waals surface area contributed by atoms with Crippen LogP contribution in [-0.2, 0) is 6.42 Å². The summed E-state index contributed by atoms with van der Waals surface area (Å²) in [5.41, 5.74) is 9.28. The van der Waals surface area contributed by atoms with Crippen molar-refractivity contribution in [2.45, 2.75) is 46.0 Å². The molecule has 0 bridgehead atoms. The van der Waals surface area contributed by atoms with Crippen LogP contribution in [0.3, 0.4) is 0 Å². The quantitative estimate of drug-likeness (QED) is 0.566. The van der Waals surface area contributed by atoms with Gasteiger partial charge in [-0.3, -0.25) is 0 Å². The highest BCUT2D eigenvalue weighted by Crippen LogP contribution is 2.48. The number of rotatable bonds is 0. The lowest BCUT2D eigenvalue weighted by Gasteiger charge is -2.09. The van der Waals surface area contributed by atoms with Crippen LogP contribution in [0.2, 0.25) is 0 Å². The van der Waals surface area contributed by atoms with Gasteiger partial charge in [0.25, 0.3) is 0 Å². The maximum atomic E-state index is 2.48. The van der Waals surface area contributed by atoms with E-state index in [1.165, 1.54) is 43.2 Å². The molecule has 0 radical (unpaired) electrons. The van der Waals surface area contributed by atoms with E-state index in [0.717, 1.165) is 0 Å². The molecule has 0 saturated heterocycles. The van der Waals surface area contributed by atoms with E-state index in [4.69, 9.17) is 0 Å². The van der Waals surface area contributed by atoms with Gasteiger partial charge in [-0.1, -0.05) is 50.3 Å². The topological polar surface area (TPSA) is 0 Å². The molecule has 4 rings (SSSR count). The van der Waals surface area contributed by atoms with Crippen molar-refractivity contribution in [3.63, 3.8) is 0 Å². The van der Waals surface area contributed by atoms with Gasteiger partial charge < -0.3 is 0 Å². The molecule has 0 atom stereocenters. The molecule has 0 heterocycles. The molecule has 3 aliphatic rings. The minimum Gasteiger partial charge on any atom is -0.0836 e. The molecule has 1 aromatic carbocycles. The summed E-state index contributed by atoms with van der Waals surface area (Å²) in [6.45, 7) is 4.00. The molecular weight excluding hydrogens is 228 g/mol. The van der Waals surface area contributed by atoms with Crippen molar-refractivity contribution in [2.75, 3.05) is 0 Å². The van der Waals surface area contributed by atoms with Gasteiger partial charge in [0.2, 0.25) is 0 Å². The molecule has 0 heteroatoms. The van der Waals surface area contributed by atoms with Crippen LogP contribution in [0, 0.1) is 0 Å². The zero-order valence-corrected chi connectivity index (χ0v) is 12.0. The van der Waals surface area contributed by atoms with E-state index in [-0.39, 0.29) is 0 Å². The molecule has 0 aromatic heterocycles. The van der Waals surface area contributed by atoms with Crippen LogP contribution in [-0.4, -0.2) is 0 Å². The molecule has 0 spiro atoms. The largest absolute Gasteiger partial charge is 0.0836 e. The summed E-state index contributed by atoms with van der Waals surface area (Å²) >= 11 is 0. The maximum absolute atomic E-state index is 2.48. The predicted octanol–water partition coefficient (Wildman–Crippen LogP) is 5.55. The van der Waals surface area contributed by atoms with E-state index in [2.05, 4.69) is 36.4 Å². The second-order valence-electron chi connectivity index (χ2n) is 5.18. The van der Waals surface area contributed by atoms with Gasteiger partial charge in [-0.2, -0.15) is 0 Å². The van der Waals surface area contributed by atoms with Crippen LogP contribution in [0.4, 0.5) is 0 Å². The summed E-state index contributed by atoms with van der Waals surface area (Å²) in [7, 11) is 0. The Morgan fingerprint density at radius 2 is 1.89 bits per heavy atom. The van der Waals surface area contributed by atoms with E-state index in [9.17, 15) is 0 Å². The van der Waals surface area contributed by atoms with Crippen LogP contribution < -0.4 is 0 Å². The van der Waals surface area contributed by atoms with Gasteiger partial charge in [0, 0.05) is 0 Å². The number of allylic oxidation sites excluding steroid dienone is 6. The highest BCUT2D eigenvalue weighted by atomic mass is 14.3. The number of hydrogen-bond acceptors (Lipinski definition) is 0. The molecule has 98 valence electrons. The van der Waals surface area contributed by atoms with Gasteiger partial charge in [0.15, 0.2) is 0 Å². The normalized spacial score (nSPS) is 18.9. The third-order valence-electron chi connectivity index (χ3n) is 4.20. The van der Waals surface area contributed by atoms with Gasteiger partial charge in [-0.15, -0.1) is 0 Å². The number of benzene rings is 1. The Labute approximate surface area is 116 Å². The van der Waals surface area contributed by atoms with Gasteiger partial charge in [0.1, 0.15) is 0 Å². The zero-order valence-electron chi connectivity index (χ0n) is 12.0. The van der Waals surface area contributed by atoms with E-state index in [1.807, 2.05) is 13.8 Å². The molecule has 19 heavy (non-hydrogen) atoms. The van der Waals surface area contributed by atoms with Crippen molar-refractivity contribution in [3.05, 3.63) is 58.7 Å². The van der Waals surface area contributed by atoms with Crippen molar-refractivity contribution in [2.24, 2.45) is 0 Å². The average Bonchev–Trinajstić information content (AvgIpc) is 2.66. The van der Waals surface area contributed by atoms with Gasteiger partial charge in [-0.05, 0) is 65.5 Å². The lowest BCUT2D eigenvalue weighted by molar-refractivity contribution is 0.851. The number of hydrogen-bond donors (Lipinski definition) is 0. The standard InChI is InChI=1S/C17H16.C2H6/c1-2-10-15-13-8-3-4-9-14(13)16-11-5-7-12(6-1)17(15)16;1-2/h4-5,7,9-11H,1-3,6,8H2;1-2H3. The van der Waals surface area contributed by atoms with Crippen LogP contribution in [0.5, 0.6) is 0 Å². The third kappa shape index (κ3) is 1.90. The van der Waals surface area contributed by atoms with Crippen LogP contribution in [0.1, 0.15) is 56.2 Å². The fourth-order valence-corrected chi connectivity index (χ4v) is 3.46. The Morgan fingerprint density at radius 3 is 2.79 bits per heavy atom. The maximum Gasteiger partial charge on any atom is -0.00734 e. The fraction of sp³-hybridized carbons (Fsp3) is 0.368. The molecule has 0 fully saturated rings. The highest BCUT2D eigenvalue weighted by molar-refractivity contribution is 6.04. The molecule has 0 nitrogen and oxygen atoms in total. The number of fused-ring (bicyclic) bond motifs is 2. The van der Waals surface area contributed by atoms with Crippen LogP contribution in [0.15, 0.2) is 42.0 Å². The van der Waals surface area contributed by atoms with Gasteiger partial charge in [0.05, 0.1) is 0 Å². The summed E-state index contributed by atoms with van der Waals surface area (Å²) < 4.78 is 0. The molecule has 0 unspecified atom stereocenters. The minimum atomic E-state index is 1.21. The Morgan fingerprint density at radius 1 is 1.00 bits per heavy atom. The summed E-state index contributed by atoms with van der Waals surface area (Å²) in [5, 5.41) is 0. The van der Waals surface area contributed by atoms with Gasteiger partial charge in [-0.25, -0.2) is 0 Å². The Hall–Kier alpha value is -1.56. The van der Waals surface area contributed by atoms with Crippen LogP contribution >= 0.6 is 0 Å². The SMILES string of the molecule is C1=CC2=C(CC1)C1=CCCCc3cccc2c31.CC. The second-order valence-corrected chi connectivity index (χ2v) is 5.18. The molecule has 0 saturated carbocycles.